The van der Waals surface area contributed by atoms with Crippen LogP contribution < -0.4 is 5.32 Å². The fourth-order valence-corrected chi connectivity index (χ4v) is 2.27. The van der Waals surface area contributed by atoms with Gasteiger partial charge in [-0.3, -0.25) is 0 Å². The van der Waals surface area contributed by atoms with Crippen molar-refractivity contribution in [3.8, 4) is 5.69 Å². The predicted molar refractivity (Wildman–Crippen MR) is 82.8 cm³/mol. The molecular weight excluding hydrogens is 302 g/mol. The molecule has 4 heteroatoms. The summed E-state index contributed by atoms with van der Waals surface area (Å²) >= 11 is 3.35. The Balaban J connectivity index is 2.22. The highest BCUT2D eigenvalue weighted by atomic mass is 79.9. The molecule has 2 rings (SSSR count). The number of halogens is 1. The van der Waals surface area contributed by atoms with Crippen LogP contribution in [0.25, 0.3) is 5.69 Å². The van der Waals surface area contributed by atoms with Gasteiger partial charge < -0.3 is 5.32 Å². The van der Waals surface area contributed by atoms with Crippen molar-refractivity contribution in [2.45, 2.75) is 20.4 Å². The highest BCUT2D eigenvalue weighted by Gasteiger charge is 2.11. The van der Waals surface area contributed by atoms with E-state index in [1.165, 1.54) is 11.3 Å². The molecule has 19 heavy (non-hydrogen) atoms. The first-order valence-electron chi connectivity index (χ1n) is 6.24. The van der Waals surface area contributed by atoms with Crippen LogP contribution in [0.5, 0.6) is 0 Å². The monoisotopic (exact) mass is 319 g/mol. The van der Waals surface area contributed by atoms with Gasteiger partial charge in [-0.2, -0.15) is 5.10 Å². The van der Waals surface area contributed by atoms with Gasteiger partial charge in [0.25, 0.3) is 0 Å². The lowest BCUT2D eigenvalue weighted by Gasteiger charge is -2.06. The molecule has 0 amide bonds. The fourth-order valence-electron chi connectivity index (χ4n) is 2.07. The first-order valence-corrected chi connectivity index (χ1v) is 7.03. The minimum absolute atomic E-state index is 0.759. The molecule has 1 aromatic heterocycles. The standard InChI is InChI=1S/C15H18BrN3/c1-11(16)9-17-10-15-12(2)18-19(13(15)3)14-7-5-4-6-8-14/h4-8,17H,1,9-10H2,2-3H3. The molecule has 0 saturated heterocycles. The number of para-hydroxylation sites is 1. The van der Waals surface area contributed by atoms with E-state index in [1.807, 2.05) is 29.8 Å². The molecule has 2 aromatic rings. The Kier molecular flexibility index (Phi) is 4.56. The van der Waals surface area contributed by atoms with Gasteiger partial charge in [0.05, 0.1) is 11.4 Å². The second kappa shape index (κ2) is 6.17. The highest BCUT2D eigenvalue weighted by molar-refractivity contribution is 9.11. The highest BCUT2D eigenvalue weighted by Crippen LogP contribution is 2.17. The number of aromatic nitrogens is 2. The van der Waals surface area contributed by atoms with Crippen LogP contribution in [0.2, 0.25) is 0 Å². The van der Waals surface area contributed by atoms with Gasteiger partial charge in [0.15, 0.2) is 0 Å². The third-order valence-corrected chi connectivity index (χ3v) is 3.34. The lowest BCUT2D eigenvalue weighted by atomic mass is 10.2. The fraction of sp³-hybridized carbons (Fsp3) is 0.267. The molecule has 0 bridgehead atoms. The summed E-state index contributed by atoms with van der Waals surface area (Å²) in [6.45, 7) is 9.53. The van der Waals surface area contributed by atoms with Crippen molar-refractivity contribution in [2.24, 2.45) is 0 Å². The summed E-state index contributed by atoms with van der Waals surface area (Å²) in [5, 5.41) is 7.97. The van der Waals surface area contributed by atoms with Gasteiger partial charge in [0, 0.05) is 28.8 Å². The van der Waals surface area contributed by atoms with E-state index in [0.29, 0.717) is 0 Å². The summed E-state index contributed by atoms with van der Waals surface area (Å²) in [6.07, 6.45) is 0. The third kappa shape index (κ3) is 3.33. The van der Waals surface area contributed by atoms with Crippen molar-refractivity contribution in [3.63, 3.8) is 0 Å². The maximum Gasteiger partial charge on any atom is 0.0648 e. The molecule has 0 spiro atoms. The lowest BCUT2D eigenvalue weighted by molar-refractivity contribution is 0.748. The predicted octanol–water partition coefficient (Wildman–Crippen LogP) is 3.49. The summed E-state index contributed by atoms with van der Waals surface area (Å²) in [5.41, 5.74) is 4.59. The molecule has 0 atom stereocenters. The van der Waals surface area contributed by atoms with E-state index in [4.69, 9.17) is 0 Å². The molecule has 0 aliphatic rings. The molecular formula is C15H18BrN3. The normalized spacial score (nSPS) is 10.7. The second-order valence-corrected chi connectivity index (χ2v) is 5.64. The van der Waals surface area contributed by atoms with E-state index in [2.05, 4.69) is 52.0 Å². The van der Waals surface area contributed by atoms with E-state index in [0.717, 1.165) is 29.0 Å². The number of benzene rings is 1. The largest absolute Gasteiger partial charge is 0.308 e. The van der Waals surface area contributed by atoms with E-state index >= 15 is 0 Å². The first kappa shape index (κ1) is 14.0. The molecule has 1 heterocycles. The molecule has 3 nitrogen and oxygen atoms in total. The molecule has 1 aromatic carbocycles. The Morgan fingerprint density at radius 1 is 1.32 bits per heavy atom. The zero-order valence-electron chi connectivity index (χ0n) is 11.3. The summed E-state index contributed by atoms with van der Waals surface area (Å²) < 4.78 is 2.95. The van der Waals surface area contributed by atoms with Gasteiger partial charge in [-0.1, -0.05) is 40.7 Å². The molecule has 0 aliphatic carbocycles. The summed E-state index contributed by atoms with van der Waals surface area (Å²) in [6, 6.07) is 10.2. The number of rotatable bonds is 5. The van der Waals surface area contributed by atoms with Crippen molar-refractivity contribution in [1.82, 2.24) is 15.1 Å². The molecule has 0 radical (unpaired) electrons. The summed E-state index contributed by atoms with van der Waals surface area (Å²) in [5.74, 6) is 0. The molecule has 100 valence electrons. The molecule has 0 unspecified atom stereocenters. The summed E-state index contributed by atoms with van der Waals surface area (Å²) in [7, 11) is 0. The van der Waals surface area contributed by atoms with Crippen LogP contribution >= 0.6 is 15.9 Å². The number of nitrogens with zero attached hydrogens (tertiary/aromatic N) is 2. The Bertz CT molecular complexity index is 573. The van der Waals surface area contributed by atoms with Crippen LogP contribution in [0.3, 0.4) is 0 Å². The van der Waals surface area contributed by atoms with Gasteiger partial charge in [0.1, 0.15) is 0 Å². The van der Waals surface area contributed by atoms with Crippen molar-refractivity contribution >= 4 is 15.9 Å². The quantitative estimate of drug-likeness (QED) is 0.914. The van der Waals surface area contributed by atoms with Gasteiger partial charge in [0.2, 0.25) is 0 Å². The average molecular weight is 320 g/mol. The van der Waals surface area contributed by atoms with Crippen LogP contribution in [-0.4, -0.2) is 16.3 Å². The van der Waals surface area contributed by atoms with E-state index < -0.39 is 0 Å². The van der Waals surface area contributed by atoms with Gasteiger partial charge >= 0.3 is 0 Å². The van der Waals surface area contributed by atoms with Crippen LogP contribution in [0.15, 0.2) is 41.4 Å². The van der Waals surface area contributed by atoms with Gasteiger partial charge in [-0.25, -0.2) is 4.68 Å². The maximum atomic E-state index is 4.62. The first-order chi connectivity index (χ1) is 9.09. The van der Waals surface area contributed by atoms with Crippen LogP contribution in [0.1, 0.15) is 17.0 Å². The van der Waals surface area contributed by atoms with Crippen LogP contribution in [0.4, 0.5) is 0 Å². The van der Waals surface area contributed by atoms with Crippen molar-refractivity contribution in [1.29, 1.82) is 0 Å². The Morgan fingerprint density at radius 2 is 2.00 bits per heavy atom. The zero-order chi connectivity index (χ0) is 13.8. The SMILES string of the molecule is C=C(Br)CNCc1c(C)nn(-c2ccccc2)c1C. The topological polar surface area (TPSA) is 29.9 Å². The lowest BCUT2D eigenvalue weighted by Crippen LogP contribution is -2.15. The van der Waals surface area contributed by atoms with Crippen molar-refractivity contribution in [3.05, 3.63) is 58.3 Å². The molecule has 0 saturated carbocycles. The summed E-state index contributed by atoms with van der Waals surface area (Å²) in [4.78, 5) is 0. The van der Waals surface area contributed by atoms with Crippen LogP contribution in [-0.2, 0) is 6.54 Å². The zero-order valence-corrected chi connectivity index (χ0v) is 12.9. The van der Waals surface area contributed by atoms with E-state index in [9.17, 15) is 0 Å². The second-order valence-electron chi connectivity index (χ2n) is 4.52. The van der Waals surface area contributed by atoms with Crippen molar-refractivity contribution < 1.29 is 0 Å². The van der Waals surface area contributed by atoms with Crippen molar-refractivity contribution in [2.75, 3.05) is 6.54 Å². The minimum atomic E-state index is 0.759. The average Bonchev–Trinajstić information content (AvgIpc) is 2.67. The van der Waals surface area contributed by atoms with Gasteiger partial charge in [-0.15, -0.1) is 0 Å². The van der Waals surface area contributed by atoms with Crippen LogP contribution in [0, 0.1) is 13.8 Å². The maximum absolute atomic E-state index is 4.62. The molecule has 0 aliphatic heterocycles. The third-order valence-electron chi connectivity index (χ3n) is 3.06. The van der Waals surface area contributed by atoms with Gasteiger partial charge in [-0.05, 0) is 26.0 Å². The Morgan fingerprint density at radius 3 is 2.63 bits per heavy atom. The number of hydrogen-bond donors (Lipinski definition) is 1. The molecule has 1 N–H and O–H groups in total. The number of hydrogen-bond acceptors (Lipinski definition) is 2. The number of nitrogens with one attached hydrogen (secondary N) is 1. The smallest absolute Gasteiger partial charge is 0.0648 e. The Labute approximate surface area is 122 Å². The Hall–Kier alpha value is -1.39. The minimum Gasteiger partial charge on any atom is -0.308 e. The molecule has 0 fully saturated rings. The van der Waals surface area contributed by atoms with E-state index in [-0.39, 0.29) is 0 Å². The van der Waals surface area contributed by atoms with E-state index in [1.54, 1.807) is 0 Å². The number of aryl methyl sites for hydroxylation is 1.